The van der Waals surface area contributed by atoms with Gasteiger partial charge in [0.25, 0.3) is 0 Å². The fourth-order valence-electron chi connectivity index (χ4n) is 47.4. The highest BCUT2D eigenvalue weighted by Crippen LogP contribution is 2.77. The highest BCUT2D eigenvalue weighted by atomic mass is 16.5. The highest BCUT2D eigenvalue weighted by molar-refractivity contribution is 5.19. The van der Waals surface area contributed by atoms with Gasteiger partial charge in [-0.15, -0.1) is 0 Å². The molecule has 0 amide bonds. The quantitative estimate of drug-likeness (QED) is 0.156. The molecule has 54 atom stereocenters. The molecule has 0 aromatic carbocycles. The maximum atomic E-state index is 10.7. The second-order valence-corrected chi connectivity index (χ2v) is 61.4. The van der Waals surface area contributed by atoms with Gasteiger partial charge < -0.3 is 44.8 Å². The predicted octanol–water partition coefficient (Wildman–Crippen LogP) is 30.2. The zero-order chi connectivity index (χ0) is 98.7. The number of ether oxygens (including phenoxy) is 3. The molecule has 0 aromatic rings. The Morgan fingerprint density at radius 2 is 0.475 bits per heavy atom. The normalized spacial score (nSPS) is 59.2. The van der Waals surface area contributed by atoms with Gasteiger partial charge in [-0.3, -0.25) is 0 Å². The summed E-state index contributed by atoms with van der Waals surface area (Å²) in [6.45, 7) is 50.4. The Labute approximate surface area is 852 Å². The molecule has 10 nitrogen and oxygen atoms in total. The van der Waals surface area contributed by atoms with Gasteiger partial charge in [0.1, 0.15) is 0 Å². The van der Waals surface area contributed by atoms with Crippen molar-refractivity contribution in [3.8, 4) is 6.07 Å². The monoisotopic (exact) mass is 1920 g/mol. The summed E-state index contributed by atoms with van der Waals surface area (Å²) in [5, 5.41) is 72.4. The molecule has 25 saturated carbocycles. The smallest absolute Gasteiger partial charge is 0.0843 e. The van der Waals surface area contributed by atoms with Crippen molar-refractivity contribution in [2.24, 2.45) is 260 Å². The first-order chi connectivity index (χ1) is 65.9. The van der Waals surface area contributed by atoms with Crippen molar-refractivity contribution in [2.45, 2.75) is 527 Å². The van der Waals surface area contributed by atoms with Crippen molar-refractivity contribution in [2.75, 3.05) is 14.2 Å². The molecule has 0 unspecified atom stereocenters. The minimum atomic E-state index is -0.284. The Balaban J connectivity index is 0.000000103. The molecule has 0 bridgehead atoms. The number of fused-ring (bicyclic) bond motifs is 30. The van der Waals surface area contributed by atoms with E-state index in [4.69, 9.17) is 14.2 Å². The van der Waals surface area contributed by atoms with Crippen LogP contribution in [0.5, 0.6) is 0 Å². The molecule has 0 heterocycles. The second kappa shape index (κ2) is 39.0. The number of rotatable bonds is 5. The van der Waals surface area contributed by atoms with Gasteiger partial charge in [0.15, 0.2) is 0 Å². The number of nitrogens with zero attached hydrogens (tertiary/aromatic N) is 1. The largest absolute Gasteiger partial charge is 0.393 e. The van der Waals surface area contributed by atoms with Crippen molar-refractivity contribution in [3.63, 3.8) is 0 Å². The molecule has 6 N–H and O–H groups in total. The van der Waals surface area contributed by atoms with Crippen LogP contribution in [-0.4, -0.2) is 106 Å². The minimum Gasteiger partial charge on any atom is -0.393 e. The van der Waals surface area contributed by atoms with Crippen LogP contribution in [0.25, 0.3) is 0 Å². The lowest BCUT2D eigenvalue weighted by Crippen LogP contribution is -2.57. The van der Waals surface area contributed by atoms with E-state index in [9.17, 15) is 35.9 Å². The molecular weight excluding hydrogens is 1710 g/mol. The van der Waals surface area contributed by atoms with Crippen LogP contribution < -0.4 is 0 Å². The number of aliphatic hydroxyl groups excluding tert-OH is 6. The third-order valence-electron chi connectivity index (χ3n) is 57.4. The van der Waals surface area contributed by atoms with E-state index in [1.165, 1.54) is 263 Å². The number of hydrogen-bond donors (Lipinski definition) is 6. The molecule has 25 rings (SSSR count). The Morgan fingerprint density at radius 1 is 0.245 bits per heavy atom. The maximum Gasteiger partial charge on any atom is 0.0843 e. The molecule has 139 heavy (non-hydrogen) atoms. The van der Waals surface area contributed by atoms with Crippen LogP contribution in [-0.2, 0) is 14.2 Å². The molecule has 0 radical (unpaired) electrons. The number of nitriles is 1. The zero-order valence-corrected chi connectivity index (χ0v) is 93.7. The summed E-state index contributed by atoms with van der Waals surface area (Å²) >= 11 is 0. The van der Waals surface area contributed by atoms with Gasteiger partial charge >= 0.3 is 0 Å². The topological polar surface area (TPSA) is 173 Å². The fourth-order valence-corrected chi connectivity index (χ4v) is 47.4. The van der Waals surface area contributed by atoms with Crippen LogP contribution in [0.2, 0.25) is 0 Å². The number of methoxy groups -OCH3 is 2. The molecular formula is C129H217NO9. The predicted molar refractivity (Wildman–Crippen MR) is 565 cm³/mol. The molecule has 25 aliphatic rings. The van der Waals surface area contributed by atoms with Crippen molar-refractivity contribution in [1.82, 2.24) is 0 Å². The summed E-state index contributed by atoms with van der Waals surface area (Å²) in [6.07, 6.45) is 67.5. The Morgan fingerprint density at radius 3 is 0.748 bits per heavy atom. The van der Waals surface area contributed by atoms with E-state index in [-0.39, 0.29) is 66.3 Å². The lowest BCUT2D eigenvalue weighted by Gasteiger charge is -2.62. The Bertz CT molecular complexity index is 4070. The zero-order valence-electron chi connectivity index (χ0n) is 93.7. The lowest BCUT2D eigenvalue weighted by atomic mass is 9.44. The lowest BCUT2D eigenvalue weighted by molar-refractivity contribution is -0.174. The molecule has 0 aliphatic heterocycles. The van der Waals surface area contributed by atoms with Gasteiger partial charge in [0, 0.05) is 14.2 Å². The van der Waals surface area contributed by atoms with E-state index in [0.717, 1.165) is 224 Å². The summed E-state index contributed by atoms with van der Waals surface area (Å²) in [5.41, 5.74) is 6.10. The van der Waals surface area contributed by atoms with Crippen LogP contribution in [0.15, 0.2) is 0 Å². The average Bonchev–Trinajstić information content (AvgIpc) is 1.68. The second-order valence-electron chi connectivity index (χ2n) is 61.4. The van der Waals surface area contributed by atoms with Crippen LogP contribution in [0.1, 0.15) is 466 Å². The van der Waals surface area contributed by atoms with Gasteiger partial charge in [0.05, 0.1) is 73.0 Å². The molecule has 25 fully saturated rings. The standard InChI is InChI=1S/C23H38O2.C22H38O.C21H33NO2.C21H36O2.2C21H36O/c1-14-4-9-18-17-8-5-15-12-20(24)21(25-16-6-7-16)13-23(15,3)19(17)10-11-22(14,18)2;1-5-15-13-22(4)16(12-20(15)23)7-8-17-18-9-6-14(2)21(18,3)11-10-19(17)22;1-20-9-8-17-15(16(20)7-5-14(20)12-22)6-4-13-10-18(23)19(24-3)11-21(13,17)2;1-13-5-8-16-15-7-6-14-11-18(22)19(23-4)12-21(14,3)17(15)9-10-20(13,16)2;2*1-13-12-21(4)15(11-19(13)22)6-7-16-17-8-5-14(2)20(17,3)10-9-18(16)21/h14-21,24H,4-13H2,1-3H3;14-20,23H,5-13H2,1-4H3;13-19,23H,4-11H2,1-3H3;13-19,22H,5-12H2,1-4H3;2*13-19,22H,5-12H2,1-4H3/t14-,15-,17-,18-,19-,20-,21-,22+,23-;14-,15-,16-,17-,18-,19-,20-,21+,22-;13-,14+,15-,16-,17-,18-,19-,20+,21-;13-,14-,15-,16-,17-,18-,19+,20+,21-;13-,14+,15+,16+,17+,18+,19+,20-,21+;13-,14-,15-,16-,17-,18-,19-,20+,21-/m000010/s1. The molecule has 0 aromatic heterocycles. The Kier molecular flexibility index (Phi) is 29.5. The molecule has 0 spiro atoms. The van der Waals surface area contributed by atoms with Crippen molar-refractivity contribution in [1.29, 1.82) is 5.26 Å². The molecule has 10 heteroatoms. The van der Waals surface area contributed by atoms with Crippen molar-refractivity contribution in [3.05, 3.63) is 0 Å². The van der Waals surface area contributed by atoms with E-state index in [2.05, 4.69) is 145 Å². The van der Waals surface area contributed by atoms with Crippen molar-refractivity contribution < 1.29 is 44.8 Å². The van der Waals surface area contributed by atoms with Gasteiger partial charge in [-0.2, -0.15) is 5.26 Å². The van der Waals surface area contributed by atoms with Crippen LogP contribution in [0.4, 0.5) is 0 Å². The highest BCUT2D eigenvalue weighted by Gasteiger charge is 2.70. The molecule has 792 valence electrons. The van der Waals surface area contributed by atoms with Gasteiger partial charge in [-0.25, -0.2) is 0 Å². The van der Waals surface area contributed by atoms with E-state index in [1.807, 2.05) is 0 Å². The van der Waals surface area contributed by atoms with Gasteiger partial charge in [-0.05, 0) is 575 Å². The fraction of sp³-hybridized carbons (Fsp3) is 0.992. The first kappa shape index (κ1) is 105. The van der Waals surface area contributed by atoms with E-state index in [1.54, 1.807) is 14.2 Å². The van der Waals surface area contributed by atoms with Crippen molar-refractivity contribution >= 4 is 0 Å². The first-order valence-corrected chi connectivity index (χ1v) is 62.1. The summed E-state index contributed by atoms with van der Waals surface area (Å²) in [6, 6.07) is 2.63. The summed E-state index contributed by atoms with van der Waals surface area (Å²) < 4.78 is 17.6. The first-order valence-electron chi connectivity index (χ1n) is 62.1. The summed E-state index contributed by atoms with van der Waals surface area (Å²) in [7, 11) is 3.54. The third-order valence-corrected chi connectivity index (χ3v) is 57.4. The molecule has 0 saturated heterocycles. The minimum absolute atomic E-state index is 0.00810. The third kappa shape index (κ3) is 17.3. The number of aliphatic hydroxyl groups is 6. The van der Waals surface area contributed by atoms with Crippen LogP contribution in [0.3, 0.4) is 0 Å². The maximum absolute atomic E-state index is 10.7. The van der Waals surface area contributed by atoms with Gasteiger partial charge in [-0.1, -0.05) is 145 Å². The SMILES string of the molecule is CC[C@H]1C[C@@]2(C)[C@@H](CC[C@@H]3[C@@H]2CC[C@]2(C)[C@@H](C)CC[C@@H]32)C[C@@H]1O.CO[C@@H]1C[C@@]2(C)[C@@H](CC[C@@H]3[C@@H]2CC[C@]2(C)[C@@H](C)CC[C@@H]32)C[C@@H]1O.CO[C@H]1C[C@@]2(C)[C@@H](CC[C@@H]3[C@@H]2CC[C@]2(C)[C@@H](C#N)CC[C@@H]32)C[C@@H]1O.C[C@@H]1C[C@@]2(C)[C@@H](CC[C@@H]3[C@@H]2CC[C@]2(C)[C@@H](C)CC[C@@H]32)C[C@@H]1O.C[C@H]1CC[C@H]2[C@@H]3CC[C@H]4C[C@H](O)[C@@H](OC5CC5)C[C@]4(C)[C@H]3CC[C@]12C.C[C@H]1C[C@@]2(C)[C@@H](CC[C@@H]3[C@@H]2CC[C@]2(C)[C@@H](C)CC[C@@H]32)C[C@@H]1O. The summed E-state index contributed by atoms with van der Waals surface area (Å²) in [5.74, 6) is 27.7. The molecule has 25 aliphatic carbocycles. The van der Waals surface area contributed by atoms with E-state index < -0.39 is 0 Å². The summed E-state index contributed by atoms with van der Waals surface area (Å²) in [4.78, 5) is 0. The van der Waals surface area contributed by atoms with Crippen LogP contribution >= 0.6 is 0 Å². The average molecular weight is 1930 g/mol. The number of hydrogen-bond acceptors (Lipinski definition) is 10. The van der Waals surface area contributed by atoms with Crippen LogP contribution in [0, 0.1) is 272 Å². The Hall–Kier alpha value is -0.870. The van der Waals surface area contributed by atoms with E-state index >= 15 is 0 Å². The van der Waals surface area contributed by atoms with Gasteiger partial charge in [0.2, 0.25) is 0 Å². The van der Waals surface area contributed by atoms with E-state index in [0.29, 0.717) is 95.3 Å².